The van der Waals surface area contributed by atoms with Gasteiger partial charge in [0.15, 0.2) is 0 Å². The maximum absolute atomic E-state index is 11.9. The van der Waals surface area contributed by atoms with Gasteiger partial charge in [0, 0.05) is 21.7 Å². The molecule has 1 aromatic carbocycles. The van der Waals surface area contributed by atoms with Gasteiger partial charge in [-0.1, -0.05) is 17.7 Å². The lowest BCUT2D eigenvalue weighted by atomic mass is 10.2. The van der Waals surface area contributed by atoms with Gasteiger partial charge in [0.25, 0.3) is 0 Å². The van der Waals surface area contributed by atoms with E-state index in [0.717, 1.165) is 17.7 Å². The predicted molar refractivity (Wildman–Crippen MR) is 70.5 cm³/mol. The van der Waals surface area contributed by atoms with Crippen LogP contribution >= 0.6 is 11.6 Å². The minimum atomic E-state index is -0.924. The molecule has 0 heterocycles. The van der Waals surface area contributed by atoms with E-state index in [9.17, 15) is 4.21 Å². The molecule has 0 aliphatic carbocycles. The molecule has 0 bridgehead atoms. The molecule has 0 aromatic heterocycles. The summed E-state index contributed by atoms with van der Waals surface area (Å²) in [6.07, 6.45) is 2.00. The van der Waals surface area contributed by atoms with Gasteiger partial charge in [-0.05, 0) is 45.0 Å². The highest BCUT2D eigenvalue weighted by Gasteiger charge is 2.05. The van der Waals surface area contributed by atoms with Gasteiger partial charge in [-0.25, -0.2) is 0 Å². The second-order valence-corrected chi connectivity index (χ2v) is 5.85. The predicted octanol–water partition coefficient (Wildman–Crippen LogP) is 2.84. The second-order valence-electron chi connectivity index (χ2n) is 3.84. The zero-order chi connectivity index (χ0) is 12.0. The van der Waals surface area contributed by atoms with Crippen molar-refractivity contribution >= 4 is 22.4 Å². The third kappa shape index (κ3) is 4.64. The normalized spacial score (nSPS) is 14.7. The minimum Gasteiger partial charge on any atom is -0.317 e. The summed E-state index contributed by atoms with van der Waals surface area (Å²) in [4.78, 5) is 0.824. The number of hydrogen-bond donors (Lipinski definition) is 1. The summed E-state index contributed by atoms with van der Waals surface area (Å²) in [5, 5.41) is 3.82. The lowest BCUT2D eigenvalue weighted by molar-refractivity contribution is 0.557. The minimum absolute atomic E-state index is 0.483. The highest BCUT2D eigenvalue weighted by atomic mass is 35.5. The van der Waals surface area contributed by atoms with Crippen LogP contribution < -0.4 is 5.32 Å². The molecule has 0 amide bonds. The van der Waals surface area contributed by atoms with Crippen molar-refractivity contribution in [2.45, 2.75) is 30.7 Å². The molecular weight excluding hydrogens is 242 g/mol. The molecule has 0 saturated carbocycles. The van der Waals surface area contributed by atoms with Crippen molar-refractivity contribution in [2.75, 3.05) is 12.8 Å². The lowest BCUT2D eigenvalue weighted by Gasteiger charge is -2.09. The van der Waals surface area contributed by atoms with Gasteiger partial charge in [-0.15, -0.1) is 0 Å². The summed E-state index contributed by atoms with van der Waals surface area (Å²) < 4.78 is 11.9. The van der Waals surface area contributed by atoms with E-state index >= 15 is 0 Å². The van der Waals surface area contributed by atoms with Gasteiger partial charge in [-0.2, -0.15) is 0 Å². The molecule has 2 nitrogen and oxygen atoms in total. The fraction of sp³-hybridized carbons (Fsp3) is 0.500. The summed E-state index contributed by atoms with van der Waals surface area (Å²) in [6, 6.07) is 7.76. The number of hydrogen-bond acceptors (Lipinski definition) is 2. The van der Waals surface area contributed by atoms with Crippen molar-refractivity contribution in [3.63, 3.8) is 0 Å². The molecule has 2 unspecified atom stereocenters. The van der Waals surface area contributed by atoms with Crippen LogP contribution in [0.15, 0.2) is 29.2 Å². The summed E-state index contributed by atoms with van der Waals surface area (Å²) in [5.41, 5.74) is 0. The van der Waals surface area contributed by atoms with Gasteiger partial charge in [0.1, 0.15) is 0 Å². The van der Waals surface area contributed by atoms with Gasteiger partial charge < -0.3 is 5.32 Å². The highest BCUT2D eigenvalue weighted by molar-refractivity contribution is 7.85. The molecular formula is C12H18ClNOS. The smallest absolute Gasteiger partial charge is 0.0530 e. The Morgan fingerprint density at radius 2 is 2.25 bits per heavy atom. The van der Waals surface area contributed by atoms with Crippen LogP contribution in [0.5, 0.6) is 0 Å². The standard InChI is InChI=1S/C12H18ClNOS/c1-10(14-2)5-4-8-16(15)12-7-3-6-11(13)9-12/h3,6-7,9-10,14H,4-5,8H2,1-2H3. The van der Waals surface area contributed by atoms with Crippen LogP contribution in [0.2, 0.25) is 5.02 Å². The van der Waals surface area contributed by atoms with E-state index in [4.69, 9.17) is 11.6 Å². The molecule has 0 saturated heterocycles. The van der Waals surface area contributed by atoms with Crippen molar-refractivity contribution in [2.24, 2.45) is 0 Å². The van der Waals surface area contributed by atoms with Crippen molar-refractivity contribution in [1.29, 1.82) is 0 Å². The van der Waals surface area contributed by atoms with E-state index < -0.39 is 10.8 Å². The number of rotatable bonds is 6. The van der Waals surface area contributed by atoms with E-state index in [2.05, 4.69) is 12.2 Å². The molecule has 0 radical (unpaired) electrons. The van der Waals surface area contributed by atoms with Crippen LogP contribution in [0, 0.1) is 0 Å². The fourth-order valence-corrected chi connectivity index (χ4v) is 2.80. The number of halogens is 1. The average Bonchev–Trinajstić information content (AvgIpc) is 2.28. The summed E-state index contributed by atoms with van der Waals surface area (Å²) in [5.74, 6) is 0.701. The van der Waals surface area contributed by atoms with Crippen LogP contribution in [0.3, 0.4) is 0 Å². The highest BCUT2D eigenvalue weighted by Crippen LogP contribution is 2.15. The molecule has 0 fully saturated rings. The quantitative estimate of drug-likeness (QED) is 0.851. The second kappa shape index (κ2) is 7.05. The third-order valence-electron chi connectivity index (χ3n) is 2.52. The Bertz CT molecular complexity index is 357. The Hall–Kier alpha value is -0.380. The summed E-state index contributed by atoms with van der Waals surface area (Å²) in [6.45, 7) is 2.13. The average molecular weight is 260 g/mol. The maximum atomic E-state index is 11.9. The molecule has 0 aliphatic heterocycles. The molecule has 1 rings (SSSR count). The summed E-state index contributed by atoms with van der Waals surface area (Å²) in [7, 11) is 1.02. The molecule has 1 aromatic rings. The Morgan fingerprint density at radius 3 is 2.88 bits per heavy atom. The topological polar surface area (TPSA) is 29.1 Å². The Morgan fingerprint density at radius 1 is 1.50 bits per heavy atom. The lowest BCUT2D eigenvalue weighted by Crippen LogP contribution is -2.21. The van der Waals surface area contributed by atoms with Crippen molar-refractivity contribution in [1.82, 2.24) is 5.32 Å². The molecule has 16 heavy (non-hydrogen) atoms. The zero-order valence-corrected chi connectivity index (χ0v) is 11.3. The first kappa shape index (κ1) is 13.7. The van der Waals surface area contributed by atoms with Crippen molar-refractivity contribution < 1.29 is 4.21 Å². The third-order valence-corrected chi connectivity index (χ3v) is 4.19. The van der Waals surface area contributed by atoms with Crippen molar-refractivity contribution in [3.8, 4) is 0 Å². The van der Waals surface area contributed by atoms with E-state index in [1.165, 1.54) is 0 Å². The number of benzene rings is 1. The first-order valence-corrected chi connectivity index (χ1v) is 7.14. The monoisotopic (exact) mass is 259 g/mol. The maximum Gasteiger partial charge on any atom is 0.0530 e. The molecule has 4 heteroatoms. The Labute approximate surface area is 105 Å². The summed E-state index contributed by atoms with van der Waals surface area (Å²) >= 11 is 5.85. The van der Waals surface area contributed by atoms with Crippen LogP contribution in [-0.2, 0) is 10.8 Å². The van der Waals surface area contributed by atoms with Gasteiger partial charge in [0.05, 0.1) is 10.8 Å². The molecule has 2 atom stereocenters. The van der Waals surface area contributed by atoms with Gasteiger partial charge in [0.2, 0.25) is 0 Å². The molecule has 1 N–H and O–H groups in total. The van der Waals surface area contributed by atoms with E-state index in [0.29, 0.717) is 16.8 Å². The molecule has 90 valence electrons. The Balaban J connectivity index is 2.41. The van der Waals surface area contributed by atoms with Crippen LogP contribution in [0.4, 0.5) is 0 Å². The SMILES string of the molecule is CNC(C)CCCS(=O)c1cccc(Cl)c1. The largest absolute Gasteiger partial charge is 0.317 e. The Kier molecular flexibility index (Phi) is 6.03. The first-order valence-electron chi connectivity index (χ1n) is 5.44. The van der Waals surface area contributed by atoms with Gasteiger partial charge in [-0.3, -0.25) is 4.21 Å². The van der Waals surface area contributed by atoms with E-state index in [1.54, 1.807) is 12.1 Å². The molecule has 0 spiro atoms. The van der Waals surface area contributed by atoms with Crippen LogP contribution in [0.1, 0.15) is 19.8 Å². The first-order chi connectivity index (χ1) is 7.63. The van der Waals surface area contributed by atoms with E-state index in [1.807, 2.05) is 19.2 Å². The molecule has 0 aliphatic rings. The number of nitrogens with one attached hydrogen (secondary N) is 1. The van der Waals surface area contributed by atoms with E-state index in [-0.39, 0.29) is 0 Å². The zero-order valence-electron chi connectivity index (χ0n) is 9.70. The van der Waals surface area contributed by atoms with Gasteiger partial charge >= 0.3 is 0 Å². The fourth-order valence-electron chi connectivity index (χ4n) is 1.39. The van der Waals surface area contributed by atoms with Crippen LogP contribution in [0.25, 0.3) is 0 Å². The van der Waals surface area contributed by atoms with Crippen molar-refractivity contribution in [3.05, 3.63) is 29.3 Å². The van der Waals surface area contributed by atoms with Crippen LogP contribution in [-0.4, -0.2) is 23.1 Å².